The third-order valence-electron chi connectivity index (χ3n) is 7.01. The van der Waals surface area contributed by atoms with Gasteiger partial charge in [0.05, 0.1) is 24.3 Å². The van der Waals surface area contributed by atoms with E-state index < -0.39 is 97.1 Å². The molecule has 15 nitrogen and oxygen atoms in total. The van der Waals surface area contributed by atoms with Crippen molar-refractivity contribution in [1.29, 1.82) is 0 Å². The molecule has 3 aliphatic heterocycles. The van der Waals surface area contributed by atoms with Crippen LogP contribution in [0.5, 0.6) is 0 Å². The number of carboxylic acids is 1. The van der Waals surface area contributed by atoms with Crippen molar-refractivity contribution in [3.05, 3.63) is 0 Å². The summed E-state index contributed by atoms with van der Waals surface area (Å²) in [5.74, 6) is -4.68. The zero-order valence-corrected chi connectivity index (χ0v) is 19.3. The van der Waals surface area contributed by atoms with Crippen molar-refractivity contribution < 1.29 is 63.9 Å². The Morgan fingerprint density at radius 1 is 0.971 bits per heavy atom. The summed E-state index contributed by atoms with van der Waals surface area (Å²) in [7, 11) is 3.02. The monoisotopic (exact) mass is 508 g/mol. The molecule has 0 radical (unpaired) electrons. The van der Waals surface area contributed by atoms with Gasteiger partial charge in [-0.25, -0.2) is 4.79 Å². The number of aliphatic carboxylic acids is 1. The predicted octanol–water partition coefficient (Wildman–Crippen LogP) is -5.01. The van der Waals surface area contributed by atoms with Crippen LogP contribution in [0.4, 0.5) is 0 Å². The van der Waals surface area contributed by atoms with Crippen LogP contribution in [0.2, 0.25) is 0 Å². The van der Waals surface area contributed by atoms with Crippen LogP contribution in [0.25, 0.3) is 0 Å². The third-order valence-corrected chi connectivity index (χ3v) is 7.01. The van der Waals surface area contributed by atoms with Crippen molar-refractivity contribution in [3.63, 3.8) is 0 Å². The van der Waals surface area contributed by atoms with E-state index in [1.807, 2.05) is 0 Å². The van der Waals surface area contributed by atoms with Crippen LogP contribution < -0.4 is 10.6 Å². The van der Waals surface area contributed by atoms with Gasteiger partial charge in [-0.15, -0.1) is 0 Å². The molecule has 0 aromatic heterocycles. The van der Waals surface area contributed by atoms with Crippen LogP contribution in [0.15, 0.2) is 0 Å². The Morgan fingerprint density at radius 3 is 2.23 bits per heavy atom. The number of ketones is 1. The molecule has 0 amide bonds. The van der Waals surface area contributed by atoms with E-state index in [1.54, 1.807) is 6.92 Å². The third kappa shape index (κ3) is 4.39. The highest BCUT2D eigenvalue weighted by atomic mass is 16.8. The first-order valence-corrected chi connectivity index (χ1v) is 11.3. The first-order valence-electron chi connectivity index (χ1n) is 11.3. The molecule has 1 aliphatic carbocycles. The number of likely N-dealkylation sites (N-methyl/N-ethyl adjacent to an activating group) is 2. The standard InChI is InChI=1S/C20H32N2O13/c1-5-4-6(23)20(30)19(31-5)34-15-9(24)7(21-2)13(8(22-3)14(15)35-20)32-18-12(27)10(25)11(26)16(33-18)17(28)29/h5,7-16,18-19,21-22,24-27,30H,4H2,1-3H3,(H,28,29)/t5-,7+,8+,9+,10?,11?,12?,13+,14-,15-,16?,18?,19+,20+/m1/s1. The van der Waals surface area contributed by atoms with Crippen molar-refractivity contribution in [2.45, 2.75) is 98.7 Å². The Balaban J connectivity index is 1.62. The normalized spacial score (nSPS) is 52.5. The molecule has 0 aromatic rings. The number of ether oxygens (including phenoxy) is 5. The Hall–Kier alpha value is -1.34. The number of carbonyl (C=O) groups is 2. The van der Waals surface area contributed by atoms with Crippen molar-refractivity contribution >= 4 is 11.8 Å². The van der Waals surface area contributed by atoms with E-state index in [1.165, 1.54) is 14.1 Å². The first-order chi connectivity index (χ1) is 16.4. The maximum atomic E-state index is 12.6. The average Bonchev–Trinajstić information content (AvgIpc) is 2.79. The van der Waals surface area contributed by atoms with Gasteiger partial charge in [0.25, 0.3) is 5.79 Å². The summed E-state index contributed by atoms with van der Waals surface area (Å²) in [5, 5.41) is 67.6. The summed E-state index contributed by atoms with van der Waals surface area (Å²) in [6, 6.07) is -1.84. The molecule has 14 atom stereocenters. The quantitative estimate of drug-likeness (QED) is 0.174. The van der Waals surface area contributed by atoms with Gasteiger partial charge in [0.2, 0.25) is 6.29 Å². The fourth-order valence-corrected chi connectivity index (χ4v) is 5.14. The van der Waals surface area contributed by atoms with Gasteiger partial charge < -0.3 is 65.0 Å². The highest BCUT2D eigenvalue weighted by molar-refractivity contribution is 5.87. The molecule has 15 heteroatoms. The number of Topliss-reactive ketones (excluding diaryl/α,β-unsaturated/α-hetero) is 1. The zero-order valence-electron chi connectivity index (χ0n) is 19.3. The number of aliphatic hydroxyl groups excluding tert-OH is 4. The lowest BCUT2D eigenvalue weighted by molar-refractivity contribution is -0.423. The minimum Gasteiger partial charge on any atom is -0.479 e. The number of carbonyl (C=O) groups excluding carboxylic acids is 1. The summed E-state index contributed by atoms with van der Waals surface area (Å²) in [6.07, 6.45) is -16.2. The molecule has 4 rings (SSSR count). The summed E-state index contributed by atoms with van der Waals surface area (Å²) in [6.45, 7) is 1.63. The summed E-state index contributed by atoms with van der Waals surface area (Å²) in [4.78, 5) is 24.1. The molecule has 3 saturated heterocycles. The van der Waals surface area contributed by atoms with E-state index in [0.29, 0.717) is 0 Å². The molecular weight excluding hydrogens is 476 g/mol. The van der Waals surface area contributed by atoms with E-state index in [4.69, 9.17) is 23.7 Å². The van der Waals surface area contributed by atoms with Gasteiger partial charge in [-0.1, -0.05) is 0 Å². The van der Waals surface area contributed by atoms with Gasteiger partial charge in [0.1, 0.15) is 36.6 Å². The Kier molecular flexibility index (Phi) is 7.52. The van der Waals surface area contributed by atoms with Gasteiger partial charge in [-0.3, -0.25) is 4.79 Å². The van der Waals surface area contributed by atoms with Crippen LogP contribution in [0.3, 0.4) is 0 Å². The Morgan fingerprint density at radius 2 is 1.63 bits per heavy atom. The van der Waals surface area contributed by atoms with Gasteiger partial charge in [0, 0.05) is 6.42 Å². The largest absolute Gasteiger partial charge is 0.479 e. The van der Waals surface area contributed by atoms with E-state index in [9.17, 15) is 40.2 Å². The molecule has 8 N–H and O–H groups in total. The second-order valence-corrected chi connectivity index (χ2v) is 9.24. The first kappa shape index (κ1) is 26.7. The van der Waals surface area contributed by atoms with E-state index in [0.717, 1.165) is 0 Å². The molecular formula is C20H32N2O13. The lowest BCUT2D eigenvalue weighted by Gasteiger charge is -2.56. The van der Waals surface area contributed by atoms with Crippen molar-refractivity contribution in [2.75, 3.05) is 14.1 Å². The molecule has 0 spiro atoms. The molecule has 0 bridgehead atoms. The van der Waals surface area contributed by atoms with Gasteiger partial charge in [-0.05, 0) is 21.0 Å². The smallest absolute Gasteiger partial charge is 0.335 e. The minimum atomic E-state index is -2.44. The molecule has 0 aromatic carbocycles. The summed E-state index contributed by atoms with van der Waals surface area (Å²) < 4.78 is 28.2. The lowest BCUT2D eigenvalue weighted by atomic mass is 9.79. The molecule has 3 heterocycles. The number of rotatable bonds is 5. The number of hydrogen-bond donors (Lipinski definition) is 8. The second kappa shape index (κ2) is 9.85. The lowest BCUT2D eigenvalue weighted by Crippen LogP contribution is -2.78. The van der Waals surface area contributed by atoms with Crippen LogP contribution in [-0.2, 0) is 33.3 Å². The fourth-order valence-electron chi connectivity index (χ4n) is 5.14. The topological polar surface area (TPSA) is 226 Å². The summed E-state index contributed by atoms with van der Waals surface area (Å²) >= 11 is 0. The molecule has 35 heavy (non-hydrogen) atoms. The second-order valence-electron chi connectivity index (χ2n) is 9.24. The highest BCUT2D eigenvalue weighted by Crippen LogP contribution is 2.41. The average molecular weight is 508 g/mol. The zero-order chi connectivity index (χ0) is 25.8. The number of nitrogens with one attached hydrogen (secondary N) is 2. The number of aliphatic hydroxyl groups is 5. The van der Waals surface area contributed by atoms with Gasteiger partial charge in [-0.2, -0.15) is 0 Å². The van der Waals surface area contributed by atoms with Crippen molar-refractivity contribution in [1.82, 2.24) is 10.6 Å². The van der Waals surface area contributed by atoms with E-state index in [2.05, 4.69) is 10.6 Å². The van der Waals surface area contributed by atoms with Crippen LogP contribution >= 0.6 is 0 Å². The number of fused-ring (bicyclic) bond motifs is 2. The summed E-state index contributed by atoms with van der Waals surface area (Å²) in [5.41, 5.74) is 0. The van der Waals surface area contributed by atoms with Crippen molar-refractivity contribution in [3.8, 4) is 0 Å². The number of carboxylic acid groups (broad SMARTS) is 1. The molecule has 4 fully saturated rings. The predicted molar refractivity (Wildman–Crippen MR) is 110 cm³/mol. The molecule has 5 unspecified atom stereocenters. The molecule has 200 valence electrons. The molecule has 4 aliphatic rings. The van der Waals surface area contributed by atoms with Gasteiger partial charge >= 0.3 is 5.97 Å². The van der Waals surface area contributed by atoms with Crippen LogP contribution in [0, 0.1) is 0 Å². The van der Waals surface area contributed by atoms with Gasteiger partial charge in [0.15, 0.2) is 18.2 Å². The SMILES string of the molecule is CN[C@H]1[C@H](O)[C@H]2O[C@@H]3O[C@H](C)CC(=O)[C@]3(O)O[C@@H]2[C@@H](NC)[C@H]1OC1OC(C(=O)O)C(O)C(O)C1O. The fraction of sp³-hybridized carbons (Fsp3) is 0.900. The number of hydrogen-bond acceptors (Lipinski definition) is 14. The van der Waals surface area contributed by atoms with E-state index >= 15 is 0 Å². The van der Waals surface area contributed by atoms with Crippen LogP contribution in [-0.4, -0.2) is 142 Å². The minimum absolute atomic E-state index is 0.127. The Labute approximate surface area is 199 Å². The Bertz CT molecular complexity index is 818. The van der Waals surface area contributed by atoms with E-state index in [-0.39, 0.29) is 6.42 Å². The maximum Gasteiger partial charge on any atom is 0.335 e. The van der Waals surface area contributed by atoms with Crippen molar-refractivity contribution in [2.24, 2.45) is 0 Å². The highest BCUT2D eigenvalue weighted by Gasteiger charge is 2.64. The molecule has 1 saturated carbocycles. The van der Waals surface area contributed by atoms with Crippen LogP contribution in [0.1, 0.15) is 13.3 Å². The maximum absolute atomic E-state index is 12.6.